The molecule has 1 aliphatic rings. The summed E-state index contributed by atoms with van der Waals surface area (Å²) in [7, 11) is 1.53. The average molecular weight is 361 g/mol. The summed E-state index contributed by atoms with van der Waals surface area (Å²) in [6, 6.07) is 8.56. The largest absolute Gasteiger partial charge is 0.495 e. The first-order valence-corrected chi connectivity index (χ1v) is 8.68. The molecule has 1 fully saturated rings. The van der Waals surface area contributed by atoms with Crippen molar-refractivity contribution in [2.75, 3.05) is 30.4 Å². The van der Waals surface area contributed by atoms with Crippen LogP contribution in [0.25, 0.3) is 0 Å². The van der Waals surface area contributed by atoms with Gasteiger partial charge in [0.25, 0.3) is 5.91 Å². The molecule has 6 nitrogen and oxygen atoms in total. The number of hydrogen-bond donors (Lipinski definition) is 1. The van der Waals surface area contributed by atoms with Crippen molar-refractivity contribution in [1.29, 1.82) is 0 Å². The van der Waals surface area contributed by atoms with E-state index in [4.69, 9.17) is 16.3 Å². The van der Waals surface area contributed by atoms with E-state index in [1.54, 1.807) is 24.3 Å². The van der Waals surface area contributed by atoms with Gasteiger partial charge in [-0.2, -0.15) is 0 Å². The fraction of sp³-hybridized carbons (Fsp3) is 0.389. The second-order valence-electron chi connectivity index (χ2n) is 6.25. The Morgan fingerprint density at radius 1 is 1.24 bits per heavy atom. The Bertz CT molecular complexity index is 743. The molecule has 1 N–H and O–H groups in total. The minimum absolute atomic E-state index is 0.246. The number of piperidine rings is 1. The van der Waals surface area contributed by atoms with Crippen LogP contribution in [0.1, 0.15) is 30.3 Å². The molecule has 1 aliphatic heterocycles. The molecule has 1 aromatic carbocycles. The molecule has 1 amide bonds. The lowest BCUT2D eigenvalue weighted by atomic mass is 9.99. The molecule has 0 aliphatic carbocycles. The van der Waals surface area contributed by atoms with E-state index in [-0.39, 0.29) is 11.6 Å². The molecule has 0 atom stereocenters. The van der Waals surface area contributed by atoms with Gasteiger partial charge >= 0.3 is 0 Å². The molecule has 0 radical (unpaired) electrons. The van der Waals surface area contributed by atoms with Gasteiger partial charge in [-0.05, 0) is 49.1 Å². The van der Waals surface area contributed by atoms with Gasteiger partial charge in [-0.15, -0.1) is 10.2 Å². The van der Waals surface area contributed by atoms with Gasteiger partial charge in [0.05, 0.1) is 12.8 Å². The number of aromatic nitrogens is 2. The molecule has 0 spiro atoms. The molecule has 1 saturated heterocycles. The topological polar surface area (TPSA) is 67.3 Å². The second kappa shape index (κ2) is 7.70. The van der Waals surface area contributed by atoms with E-state index in [0.29, 0.717) is 16.5 Å². The Morgan fingerprint density at radius 2 is 2.00 bits per heavy atom. The number of benzene rings is 1. The highest BCUT2D eigenvalue weighted by Gasteiger charge is 2.18. The maximum atomic E-state index is 12.4. The van der Waals surface area contributed by atoms with Crippen LogP contribution in [0.15, 0.2) is 30.3 Å². The lowest BCUT2D eigenvalue weighted by Gasteiger charge is -2.30. The number of nitrogens with zero attached hydrogens (tertiary/aromatic N) is 3. The standard InChI is InChI=1S/C18H21ClN4O2/c1-12-7-9-23(10-8-12)17-6-4-14(21-22-17)18(24)20-15-11-13(19)3-5-16(15)25-2/h3-6,11-12H,7-10H2,1-2H3,(H,20,24). The molecule has 0 bridgehead atoms. The number of carbonyl (C=O) groups excluding carboxylic acids is 1. The first kappa shape index (κ1) is 17.5. The number of carbonyl (C=O) groups is 1. The van der Waals surface area contributed by atoms with Gasteiger partial charge in [-0.3, -0.25) is 4.79 Å². The molecule has 2 aromatic rings. The summed E-state index contributed by atoms with van der Waals surface area (Å²) in [5, 5.41) is 11.5. The summed E-state index contributed by atoms with van der Waals surface area (Å²) in [5.74, 6) is 1.74. The van der Waals surface area contributed by atoms with Crippen LogP contribution >= 0.6 is 11.6 Å². The third-order valence-corrected chi connectivity index (χ3v) is 4.64. The monoisotopic (exact) mass is 360 g/mol. The summed E-state index contributed by atoms with van der Waals surface area (Å²) in [4.78, 5) is 14.6. The van der Waals surface area contributed by atoms with Crippen LogP contribution in [0, 0.1) is 5.92 Å². The Labute approximate surface area is 152 Å². The summed E-state index contributed by atoms with van der Waals surface area (Å²) in [6.45, 7) is 4.21. The van der Waals surface area contributed by atoms with Crippen LogP contribution in [-0.4, -0.2) is 36.3 Å². The second-order valence-corrected chi connectivity index (χ2v) is 6.68. The van der Waals surface area contributed by atoms with E-state index in [0.717, 1.165) is 37.7 Å². The molecular weight excluding hydrogens is 340 g/mol. The Balaban J connectivity index is 1.70. The van der Waals surface area contributed by atoms with Crippen molar-refractivity contribution in [3.8, 4) is 5.75 Å². The van der Waals surface area contributed by atoms with Crippen molar-refractivity contribution in [2.45, 2.75) is 19.8 Å². The lowest BCUT2D eigenvalue weighted by molar-refractivity contribution is 0.102. The predicted octanol–water partition coefficient (Wildman–Crippen LogP) is 3.63. The zero-order valence-corrected chi connectivity index (χ0v) is 15.1. The van der Waals surface area contributed by atoms with E-state index in [1.807, 2.05) is 6.07 Å². The van der Waals surface area contributed by atoms with Gasteiger partial charge in [0, 0.05) is 18.1 Å². The summed E-state index contributed by atoms with van der Waals surface area (Å²) in [6.07, 6.45) is 2.30. The zero-order valence-electron chi connectivity index (χ0n) is 14.3. The third-order valence-electron chi connectivity index (χ3n) is 4.40. The number of ether oxygens (including phenoxy) is 1. The number of anilines is 2. The van der Waals surface area contributed by atoms with Crippen LogP contribution in [0.4, 0.5) is 11.5 Å². The van der Waals surface area contributed by atoms with Gasteiger partial charge in [0.15, 0.2) is 11.5 Å². The van der Waals surface area contributed by atoms with E-state index in [9.17, 15) is 4.79 Å². The SMILES string of the molecule is COc1ccc(Cl)cc1NC(=O)c1ccc(N2CCC(C)CC2)nn1. The highest BCUT2D eigenvalue weighted by molar-refractivity contribution is 6.31. The maximum Gasteiger partial charge on any atom is 0.276 e. The lowest BCUT2D eigenvalue weighted by Crippen LogP contribution is -2.33. The van der Waals surface area contributed by atoms with Gasteiger partial charge in [-0.1, -0.05) is 18.5 Å². The fourth-order valence-electron chi connectivity index (χ4n) is 2.82. The number of rotatable bonds is 4. The van der Waals surface area contributed by atoms with E-state index in [1.165, 1.54) is 7.11 Å². The smallest absolute Gasteiger partial charge is 0.276 e. The highest BCUT2D eigenvalue weighted by atomic mass is 35.5. The first-order valence-electron chi connectivity index (χ1n) is 8.30. The van der Waals surface area contributed by atoms with Gasteiger partial charge in [0.1, 0.15) is 5.75 Å². The fourth-order valence-corrected chi connectivity index (χ4v) is 2.99. The van der Waals surface area contributed by atoms with Crippen molar-refractivity contribution >= 4 is 29.0 Å². The molecule has 0 saturated carbocycles. The van der Waals surface area contributed by atoms with Crippen molar-refractivity contribution in [3.63, 3.8) is 0 Å². The number of methoxy groups -OCH3 is 1. The number of halogens is 1. The number of amides is 1. The van der Waals surface area contributed by atoms with Crippen molar-refractivity contribution < 1.29 is 9.53 Å². The molecule has 3 rings (SSSR count). The van der Waals surface area contributed by atoms with Gasteiger partial charge < -0.3 is 15.0 Å². The van der Waals surface area contributed by atoms with Crippen LogP contribution in [0.3, 0.4) is 0 Å². The van der Waals surface area contributed by atoms with E-state index >= 15 is 0 Å². The van der Waals surface area contributed by atoms with E-state index in [2.05, 4.69) is 27.3 Å². The normalized spacial score (nSPS) is 15.1. The maximum absolute atomic E-state index is 12.4. The third kappa shape index (κ3) is 4.20. The summed E-state index contributed by atoms with van der Waals surface area (Å²) >= 11 is 5.98. The van der Waals surface area contributed by atoms with Gasteiger partial charge in [0.2, 0.25) is 0 Å². The average Bonchev–Trinajstić information content (AvgIpc) is 2.63. The van der Waals surface area contributed by atoms with Crippen LogP contribution in [0.2, 0.25) is 5.02 Å². The molecule has 7 heteroatoms. The number of hydrogen-bond acceptors (Lipinski definition) is 5. The Hall–Kier alpha value is -2.34. The minimum Gasteiger partial charge on any atom is -0.495 e. The van der Waals surface area contributed by atoms with Crippen LogP contribution < -0.4 is 15.0 Å². The zero-order chi connectivity index (χ0) is 17.8. The van der Waals surface area contributed by atoms with Crippen LogP contribution in [0.5, 0.6) is 5.75 Å². The van der Waals surface area contributed by atoms with Gasteiger partial charge in [-0.25, -0.2) is 0 Å². The van der Waals surface area contributed by atoms with Crippen molar-refractivity contribution in [3.05, 3.63) is 41.0 Å². The molecule has 2 heterocycles. The van der Waals surface area contributed by atoms with Crippen LogP contribution in [-0.2, 0) is 0 Å². The summed E-state index contributed by atoms with van der Waals surface area (Å²) in [5.41, 5.74) is 0.743. The highest BCUT2D eigenvalue weighted by Crippen LogP contribution is 2.28. The van der Waals surface area contributed by atoms with Crippen molar-refractivity contribution in [2.24, 2.45) is 5.92 Å². The summed E-state index contributed by atoms with van der Waals surface area (Å²) < 4.78 is 5.23. The number of nitrogens with one attached hydrogen (secondary N) is 1. The molecule has 1 aromatic heterocycles. The van der Waals surface area contributed by atoms with Crippen molar-refractivity contribution in [1.82, 2.24) is 10.2 Å². The minimum atomic E-state index is -0.355. The Kier molecular flexibility index (Phi) is 5.38. The molecular formula is C18H21ClN4O2. The molecule has 0 unspecified atom stereocenters. The Morgan fingerprint density at radius 3 is 2.64 bits per heavy atom. The first-order chi connectivity index (χ1) is 12.1. The quantitative estimate of drug-likeness (QED) is 0.901. The molecule has 132 valence electrons. The molecule has 25 heavy (non-hydrogen) atoms. The van der Waals surface area contributed by atoms with E-state index < -0.39 is 0 Å². The predicted molar refractivity (Wildman–Crippen MR) is 98.6 cm³/mol.